The van der Waals surface area contributed by atoms with Crippen molar-refractivity contribution in [2.45, 2.75) is 26.7 Å². The molecule has 0 aliphatic rings. The maximum Gasteiger partial charge on any atom is 0.349 e. The molecule has 13 heavy (non-hydrogen) atoms. The first-order valence-electron chi connectivity index (χ1n) is 4.29. The van der Waals surface area contributed by atoms with Crippen LogP contribution in [0.15, 0.2) is 0 Å². The average molecular weight is 199 g/mol. The number of rotatable bonds is 3. The summed E-state index contributed by atoms with van der Waals surface area (Å²) < 4.78 is 4.67. The molecular weight excluding hydrogens is 186 g/mol. The third kappa shape index (κ3) is 2.06. The second kappa shape index (κ2) is 4.37. The number of nitrogens with zero attached hydrogens (tertiary/aromatic N) is 1. The topological polar surface area (TPSA) is 39.2 Å². The number of aryl methyl sites for hydroxylation is 2. The third-order valence-corrected chi connectivity index (χ3v) is 2.97. The van der Waals surface area contributed by atoms with E-state index in [1.165, 1.54) is 18.4 Å². The van der Waals surface area contributed by atoms with Crippen LogP contribution in [0, 0.1) is 0 Å². The molecule has 0 aromatic carbocycles. The number of methoxy groups -OCH3 is 1. The molecule has 0 aliphatic carbocycles. The zero-order chi connectivity index (χ0) is 9.84. The number of thiazole rings is 1. The van der Waals surface area contributed by atoms with Gasteiger partial charge in [0.25, 0.3) is 0 Å². The van der Waals surface area contributed by atoms with E-state index in [4.69, 9.17) is 0 Å². The Bertz CT molecular complexity index is 307. The van der Waals surface area contributed by atoms with Gasteiger partial charge in [-0.3, -0.25) is 0 Å². The molecule has 0 unspecified atom stereocenters. The molecule has 0 spiro atoms. The molecular formula is C9H13NO2S. The number of carbonyl (C=O) groups excluding carboxylic acids is 1. The number of esters is 1. The van der Waals surface area contributed by atoms with Gasteiger partial charge in [-0.15, -0.1) is 11.3 Å². The second-order valence-electron chi connectivity index (χ2n) is 2.58. The molecule has 0 radical (unpaired) electrons. The van der Waals surface area contributed by atoms with Crippen LogP contribution in [0.2, 0.25) is 0 Å². The van der Waals surface area contributed by atoms with Gasteiger partial charge in [0, 0.05) is 0 Å². The Kier molecular flexibility index (Phi) is 3.42. The molecule has 0 saturated heterocycles. The summed E-state index contributed by atoms with van der Waals surface area (Å²) in [6.45, 7) is 4.01. The molecule has 1 aromatic rings. The molecule has 0 bridgehead atoms. The predicted octanol–water partition coefficient (Wildman–Crippen LogP) is 2.05. The lowest BCUT2D eigenvalue weighted by atomic mass is 10.3. The van der Waals surface area contributed by atoms with Crippen LogP contribution in [0.4, 0.5) is 0 Å². The van der Waals surface area contributed by atoms with Crippen molar-refractivity contribution in [3.05, 3.63) is 15.6 Å². The minimum Gasteiger partial charge on any atom is -0.465 e. The first-order valence-corrected chi connectivity index (χ1v) is 5.11. The molecule has 0 aliphatic heterocycles. The third-order valence-electron chi connectivity index (χ3n) is 1.75. The van der Waals surface area contributed by atoms with E-state index in [1.54, 1.807) is 0 Å². The van der Waals surface area contributed by atoms with Gasteiger partial charge < -0.3 is 4.74 Å². The van der Waals surface area contributed by atoms with Crippen LogP contribution in [0.5, 0.6) is 0 Å². The standard InChI is InChI=1S/C9H13NO2S/c1-4-6-8(9(11)12-3)13-7(5-2)10-6/h4-5H2,1-3H3. The molecule has 4 heteroatoms. The van der Waals surface area contributed by atoms with Gasteiger partial charge in [-0.25, -0.2) is 9.78 Å². The lowest BCUT2D eigenvalue weighted by molar-refractivity contribution is 0.0605. The maximum absolute atomic E-state index is 11.3. The molecule has 0 atom stereocenters. The van der Waals surface area contributed by atoms with Crippen molar-refractivity contribution in [1.29, 1.82) is 0 Å². The van der Waals surface area contributed by atoms with E-state index in [-0.39, 0.29) is 5.97 Å². The Morgan fingerprint density at radius 3 is 2.62 bits per heavy atom. The van der Waals surface area contributed by atoms with Crippen molar-refractivity contribution in [1.82, 2.24) is 4.98 Å². The summed E-state index contributed by atoms with van der Waals surface area (Å²) in [6, 6.07) is 0. The van der Waals surface area contributed by atoms with Gasteiger partial charge in [-0.1, -0.05) is 13.8 Å². The number of hydrogen-bond acceptors (Lipinski definition) is 4. The van der Waals surface area contributed by atoms with E-state index in [9.17, 15) is 4.79 Å². The van der Waals surface area contributed by atoms with Crippen LogP contribution in [0.1, 0.15) is 34.2 Å². The number of aromatic nitrogens is 1. The Balaban J connectivity index is 3.03. The van der Waals surface area contributed by atoms with Crippen molar-refractivity contribution >= 4 is 17.3 Å². The van der Waals surface area contributed by atoms with E-state index in [0.29, 0.717) is 4.88 Å². The molecule has 1 heterocycles. The van der Waals surface area contributed by atoms with Crippen LogP contribution >= 0.6 is 11.3 Å². The monoisotopic (exact) mass is 199 g/mol. The average Bonchev–Trinajstić information content (AvgIpc) is 2.59. The fraction of sp³-hybridized carbons (Fsp3) is 0.556. The highest BCUT2D eigenvalue weighted by Crippen LogP contribution is 2.20. The van der Waals surface area contributed by atoms with Crippen LogP contribution in [0.25, 0.3) is 0 Å². The van der Waals surface area contributed by atoms with Gasteiger partial charge in [0.05, 0.1) is 17.8 Å². The zero-order valence-corrected chi connectivity index (χ0v) is 8.90. The van der Waals surface area contributed by atoms with Crippen molar-refractivity contribution < 1.29 is 9.53 Å². The van der Waals surface area contributed by atoms with E-state index in [0.717, 1.165) is 23.5 Å². The first-order chi connectivity index (χ1) is 6.22. The lowest BCUT2D eigenvalue weighted by Gasteiger charge is -1.95. The SMILES string of the molecule is CCc1nc(CC)c(C(=O)OC)s1. The molecule has 1 aromatic heterocycles. The van der Waals surface area contributed by atoms with Crippen LogP contribution in [0.3, 0.4) is 0 Å². The lowest BCUT2D eigenvalue weighted by Crippen LogP contribution is -2.01. The van der Waals surface area contributed by atoms with Crippen molar-refractivity contribution in [3.63, 3.8) is 0 Å². The molecule has 1 rings (SSSR count). The van der Waals surface area contributed by atoms with E-state index >= 15 is 0 Å². The highest BCUT2D eigenvalue weighted by atomic mass is 32.1. The van der Waals surface area contributed by atoms with Gasteiger partial charge in [0.1, 0.15) is 4.88 Å². The largest absolute Gasteiger partial charge is 0.465 e. The molecule has 72 valence electrons. The summed E-state index contributed by atoms with van der Waals surface area (Å²) >= 11 is 1.43. The minimum atomic E-state index is -0.269. The normalized spacial score (nSPS) is 10.1. The van der Waals surface area contributed by atoms with Crippen molar-refractivity contribution in [3.8, 4) is 0 Å². The van der Waals surface area contributed by atoms with Crippen molar-refractivity contribution in [2.75, 3.05) is 7.11 Å². The first kappa shape index (κ1) is 10.2. The summed E-state index contributed by atoms with van der Waals surface area (Å²) in [5, 5.41) is 0.997. The second-order valence-corrected chi connectivity index (χ2v) is 3.67. The van der Waals surface area contributed by atoms with Crippen LogP contribution in [-0.4, -0.2) is 18.1 Å². The number of hydrogen-bond donors (Lipinski definition) is 0. The highest BCUT2D eigenvalue weighted by molar-refractivity contribution is 7.13. The molecule has 0 fully saturated rings. The number of carbonyl (C=O) groups is 1. The van der Waals surface area contributed by atoms with E-state index < -0.39 is 0 Å². The number of ether oxygens (including phenoxy) is 1. The van der Waals surface area contributed by atoms with Gasteiger partial charge in [-0.2, -0.15) is 0 Å². The van der Waals surface area contributed by atoms with Gasteiger partial charge in [0.15, 0.2) is 0 Å². The summed E-state index contributed by atoms with van der Waals surface area (Å²) in [7, 11) is 1.40. The fourth-order valence-electron chi connectivity index (χ4n) is 1.04. The van der Waals surface area contributed by atoms with Crippen LogP contribution in [-0.2, 0) is 17.6 Å². The smallest absolute Gasteiger partial charge is 0.349 e. The molecule has 0 N–H and O–H groups in total. The quantitative estimate of drug-likeness (QED) is 0.699. The Morgan fingerprint density at radius 1 is 1.46 bits per heavy atom. The maximum atomic E-state index is 11.3. The fourth-order valence-corrected chi connectivity index (χ4v) is 2.05. The summed E-state index contributed by atoms with van der Waals surface area (Å²) in [6.07, 6.45) is 1.65. The van der Waals surface area contributed by atoms with E-state index in [2.05, 4.69) is 9.72 Å². The Hall–Kier alpha value is -0.900. The Morgan fingerprint density at radius 2 is 2.15 bits per heavy atom. The summed E-state index contributed by atoms with van der Waals surface area (Å²) in [5.41, 5.74) is 0.855. The highest BCUT2D eigenvalue weighted by Gasteiger charge is 2.16. The molecule has 0 amide bonds. The van der Waals surface area contributed by atoms with E-state index in [1.807, 2.05) is 13.8 Å². The van der Waals surface area contributed by atoms with Gasteiger partial charge in [-0.05, 0) is 12.8 Å². The zero-order valence-electron chi connectivity index (χ0n) is 8.09. The summed E-state index contributed by atoms with van der Waals surface area (Å²) in [5.74, 6) is -0.269. The van der Waals surface area contributed by atoms with Crippen molar-refractivity contribution in [2.24, 2.45) is 0 Å². The minimum absolute atomic E-state index is 0.269. The summed E-state index contributed by atoms with van der Waals surface area (Å²) in [4.78, 5) is 16.3. The predicted molar refractivity (Wildman–Crippen MR) is 52.2 cm³/mol. The van der Waals surface area contributed by atoms with Gasteiger partial charge in [0.2, 0.25) is 0 Å². The molecule has 0 saturated carbocycles. The molecule has 3 nitrogen and oxygen atoms in total. The Labute approximate surface area is 81.8 Å². The van der Waals surface area contributed by atoms with Gasteiger partial charge >= 0.3 is 5.97 Å². The van der Waals surface area contributed by atoms with Crippen LogP contribution < -0.4 is 0 Å².